The molecule has 6 aromatic heterocycles. The van der Waals surface area contributed by atoms with Crippen LogP contribution in [-0.2, 0) is 12.4 Å². The molecule has 0 radical (unpaired) electrons. The van der Waals surface area contributed by atoms with Crippen LogP contribution >= 0.6 is 0 Å². The van der Waals surface area contributed by atoms with Gasteiger partial charge in [-0.05, 0) is 108 Å². The summed E-state index contributed by atoms with van der Waals surface area (Å²) in [7, 11) is 0. The minimum absolute atomic E-state index is 0.0525. The highest BCUT2D eigenvalue weighted by Crippen LogP contribution is 2.47. The molecule has 0 aliphatic heterocycles. The standard InChI is InChI=1S/C99H57F6N15/c100-98(101,102)72-45-46-73(79(57-72)99(103,104)105)71-55-84(119-80-47-41-67(94-111-86(59-25-9-1-10-26-59)107-87(112-94)60-27-11-2-12-28-60)51-74(80)75-52-68(42-48-81(75)119)95-113-88(61-29-13-3-14-30-61)108-89(114-95)62-31-15-4-16-32-62)78(58-106)85(56-71)120-82-49-43-69(96-115-90(63-33-17-5-18-34-63)109-91(116-96)64-35-19-6-20-36-64)53-76(82)77-54-70(44-50-83(77)120)97-117-92(65-37-21-7-22-38-65)110-93(118-97)66-39-23-8-24-40-66/h1-57H. The van der Waals surface area contributed by atoms with Gasteiger partial charge in [0, 0.05) is 88.3 Å². The number of aromatic nitrogens is 14. The van der Waals surface area contributed by atoms with Crippen LogP contribution in [0.2, 0.25) is 0 Å². The van der Waals surface area contributed by atoms with Crippen LogP contribution in [0.5, 0.6) is 0 Å². The summed E-state index contributed by atoms with van der Waals surface area (Å²) in [6.07, 6.45) is -10.5. The number of nitrogens with zero attached hydrogens (tertiary/aromatic N) is 15. The van der Waals surface area contributed by atoms with Gasteiger partial charge in [-0.1, -0.05) is 249 Å². The first kappa shape index (κ1) is 72.7. The van der Waals surface area contributed by atoms with Gasteiger partial charge in [-0.25, -0.2) is 59.8 Å². The number of rotatable bonds is 15. The molecule has 0 aliphatic carbocycles. The highest BCUT2D eigenvalue weighted by Gasteiger charge is 2.39. The number of fused-ring (bicyclic) bond motifs is 6. The molecule has 0 atom stereocenters. The zero-order chi connectivity index (χ0) is 81.2. The summed E-state index contributed by atoms with van der Waals surface area (Å²) in [6.45, 7) is 0. The Balaban J connectivity index is 0.880. The van der Waals surface area contributed by atoms with Crippen molar-refractivity contribution in [3.8, 4) is 165 Å². The van der Waals surface area contributed by atoms with Crippen LogP contribution in [0.3, 0.4) is 0 Å². The third kappa shape index (κ3) is 13.7. The number of alkyl halides is 6. The summed E-state index contributed by atoms with van der Waals surface area (Å²) in [5, 5.41) is 14.7. The van der Waals surface area contributed by atoms with Gasteiger partial charge in [-0.3, -0.25) is 0 Å². The molecule has 20 rings (SSSR count). The minimum atomic E-state index is -5.36. The Morgan fingerprint density at radius 3 is 0.633 bits per heavy atom. The summed E-state index contributed by atoms with van der Waals surface area (Å²) >= 11 is 0. The second kappa shape index (κ2) is 29.9. The van der Waals surface area contributed by atoms with Crippen LogP contribution in [0.25, 0.3) is 203 Å². The highest BCUT2D eigenvalue weighted by atomic mass is 19.4. The van der Waals surface area contributed by atoms with Crippen LogP contribution in [0.15, 0.2) is 346 Å². The van der Waals surface area contributed by atoms with E-state index in [0.29, 0.717) is 142 Å². The van der Waals surface area contributed by atoms with Gasteiger partial charge in [0.25, 0.3) is 0 Å². The average molecular weight is 1570 g/mol. The Morgan fingerprint density at radius 2 is 0.433 bits per heavy atom. The number of benzene rings is 14. The monoisotopic (exact) mass is 1570 g/mol. The number of hydrogen-bond acceptors (Lipinski definition) is 13. The number of nitriles is 1. The van der Waals surface area contributed by atoms with Crippen molar-refractivity contribution >= 4 is 43.6 Å². The van der Waals surface area contributed by atoms with E-state index in [9.17, 15) is 18.4 Å². The lowest BCUT2D eigenvalue weighted by Gasteiger charge is -2.21. The van der Waals surface area contributed by atoms with Crippen molar-refractivity contribution in [1.82, 2.24) is 68.9 Å². The lowest BCUT2D eigenvalue weighted by atomic mass is 9.94. The van der Waals surface area contributed by atoms with Gasteiger partial charge in [0.05, 0.1) is 44.6 Å². The van der Waals surface area contributed by atoms with E-state index in [2.05, 4.69) is 6.07 Å². The molecule has 15 nitrogen and oxygen atoms in total. The number of hydrogen-bond donors (Lipinski definition) is 0. The second-order valence-electron chi connectivity index (χ2n) is 28.5. The van der Waals surface area contributed by atoms with Crippen molar-refractivity contribution in [3.05, 3.63) is 362 Å². The van der Waals surface area contributed by atoms with Gasteiger partial charge in [-0.2, -0.15) is 31.6 Å². The Morgan fingerprint density at radius 1 is 0.217 bits per heavy atom. The fourth-order valence-electron chi connectivity index (χ4n) is 15.3. The Kier molecular flexibility index (Phi) is 18.1. The Bertz CT molecular complexity index is 6430. The highest BCUT2D eigenvalue weighted by molar-refractivity contribution is 6.14. The van der Waals surface area contributed by atoms with E-state index in [0.717, 1.165) is 50.6 Å². The molecule has 570 valence electrons. The summed E-state index contributed by atoms with van der Waals surface area (Å²) in [5.74, 6) is 4.34. The van der Waals surface area contributed by atoms with E-state index < -0.39 is 29.0 Å². The van der Waals surface area contributed by atoms with Crippen molar-refractivity contribution in [2.24, 2.45) is 0 Å². The quantitative estimate of drug-likeness (QED) is 0.0883. The van der Waals surface area contributed by atoms with E-state index in [4.69, 9.17) is 59.8 Å². The molecule has 0 amide bonds. The molecule has 6 heterocycles. The van der Waals surface area contributed by atoms with Gasteiger partial charge in [0.2, 0.25) is 0 Å². The summed E-state index contributed by atoms with van der Waals surface area (Å²) in [6, 6.07) is 105. The zero-order valence-corrected chi connectivity index (χ0v) is 62.9. The maximum Gasteiger partial charge on any atom is 0.417 e. The molecule has 14 aromatic carbocycles. The maximum atomic E-state index is 16.2. The maximum absolute atomic E-state index is 16.2. The molecule has 0 saturated carbocycles. The molecule has 0 spiro atoms. The van der Waals surface area contributed by atoms with Crippen LogP contribution in [0.1, 0.15) is 16.7 Å². The topological polar surface area (TPSA) is 188 Å². The van der Waals surface area contributed by atoms with Crippen molar-refractivity contribution in [2.75, 3.05) is 0 Å². The lowest BCUT2D eigenvalue weighted by Crippen LogP contribution is -2.12. The molecule has 0 N–H and O–H groups in total. The van der Waals surface area contributed by atoms with Crippen LogP contribution in [-0.4, -0.2) is 68.9 Å². The predicted molar refractivity (Wildman–Crippen MR) is 454 cm³/mol. The minimum Gasteiger partial charge on any atom is -0.308 e. The van der Waals surface area contributed by atoms with Crippen LogP contribution in [0, 0.1) is 11.3 Å². The molecule has 20 aromatic rings. The largest absolute Gasteiger partial charge is 0.417 e. The molecule has 0 unspecified atom stereocenters. The Hall–Kier alpha value is -16.2. The van der Waals surface area contributed by atoms with Gasteiger partial charge in [0.1, 0.15) is 11.6 Å². The van der Waals surface area contributed by atoms with Gasteiger partial charge >= 0.3 is 12.4 Å². The summed E-state index contributed by atoms with van der Waals surface area (Å²) < 4.78 is 97.1. The van der Waals surface area contributed by atoms with Gasteiger partial charge in [0.15, 0.2) is 69.9 Å². The van der Waals surface area contributed by atoms with Gasteiger partial charge < -0.3 is 9.13 Å². The smallest absolute Gasteiger partial charge is 0.308 e. The molecule has 0 saturated heterocycles. The van der Waals surface area contributed by atoms with Crippen LogP contribution in [0.4, 0.5) is 26.3 Å². The first-order chi connectivity index (χ1) is 58.7. The molecular formula is C99H57F6N15. The second-order valence-corrected chi connectivity index (χ2v) is 28.5. The van der Waals surface area contributed by atoms with Crippen molar-refractivity contribution in [3.63, 3.8) is 0 Å². The molecule has 120 heavy (non-hydrogen) atoms. The van der Waals surface area contributed by atoms with Crippen molar-refractivity contribution in [2.45, 2.75) is 12.4 Å². The SMILES string of the molecule is N#Cc1c(-n2c3ccc(-c4nc(-c5ccccc5)nc(-c5ccccc5)n4)cc3c3cc(-c4nc(-c5ccccc5)nc(-c5ccccc5)n4)ccc32)cc(-c2ccc(C(F)(F)F)cc2C(F)(F)F)cc1-n1c2ccc(-c3nc(-c4ccccc4)nc(-c4ccccc4)n3)cc2c2cc(-c3nc(-c4ccccc4)nc(-c4ccccc4)n3)ccc21. The first-order valence-corrected chi connectivity index (χ1v) is 38.2. The zero-order valence-electron chi connectivity index (χ0n) is 62.9. The third-order valence-corrected chi connectivity index (χ3v) is 21.0. The fourth-order valence-corrected chi connectivity index (χ4v) is 15.3. The van der Waals surface area contributed by atoms with Crippen LogP contribution < -0.4 is 0 Å². The van der Waals surface area contributed by atoms with Gasteiger partial charge in [-0.15, -0.1) is 0 Å². The predicted octanol–water partition coefficient (Wildman–Crippen LogP) is 24.2. The van der Waals surface area contributed by atoms with E-state index in [1.165, 1.54) is 12.1 Å². The first-order valence-electron chi connectivity index (χ1n) is 38.2. The molecular weight excluding hydrogens is 1510 g/mol. The average Bonchev–Trinajstić information content (AvgIpc) is 1.53. The van der Waals surface area contributed by atoms with Crippen molar-refractivity contribution < 1.29 is 26.3 Å². The molecule has 0 aliphatic rings. The van der Waals surface area contributed by atoms with E-state index in [-0.39, 0.29) is 28.6 Å². The normalized spacial score (nSPS) is 11.7. The molecule has 0 bridgehead atoms. The third-order valence-electron chi connectivity index (χ3n) is 21.0. The lowest BCUT2D eigenvalue weighted by molar-refractivity contribution is -0.142. The van der Waals surface area contributed by atoms with E-state index in [1.54, 1.807) is 9.13 Å². The summed E-state index contributed by atoms with van der Waals surface area (Å²) in [5.41, 5.74) is 5.91. The van der Waals surface area contributed by atoms with Crippen molar-refractivity contribution in [1.29, 1.82) is 5.26 Å². The van der Waals surface area contributed by atoms with E-state index >= 15 is 13.2 Å². The summed E-state index contributed by atoms with van der Waals surface area (Å²) in [4.78, 5) is 61.0. The molecule has 21 heteroatoms. The number of halogens is 6. The Labute approximate surface area is 680 Å². The fraction of sp³-hybridized carbons (Fsp3) is 0.0202. The molecule has 0 fully saturated rings. The van der Waals surface area contributed by atoms with E-state index in [1.807, 2.05) is 315 Å².